The minimum atomic E-state index is -0.229. The van der Waals surface area contributed by atoms with Crippen LogP contribution in [0.15, 0.2) is 36.4 Å². The Kier molecular flexibility index (Phi) is 2.46. The Balaban J connectivity index is 1.80. The van der Waals surface area contributed by atoms with Gasteiger partial charge in [0.25, 0.3) is 0 Å². The number of anilines is 1. The summed E-state index contributed by atoms with van der Waals surface area (Å²) in [5.41, 5.74) is 0.869. The van der Waals surface area contributed by atoms with Gasteiger partial charge in [-0.05, 0) is 37.3 Å². The first-order valence-electron chi connectivity index (χ1n) is 7.25. The van der Waals surface area contributed by atoms with Crippen molar-refractivity contribution in [3.63, 3.8) is 0 Å². The zero-order valence-electron chi connectivity index (χ0n) is 11.7. The lowest BCUT2D eigenvalue weighted by atomic mass is 9.85. The summed E-state index contributed by atoms with van der Waals surface area (Å²) in [5, 5.41) is 0. The van der Waals surface area contributed by atoms with Gasteiger partial charge in [-0.1, -0.05) is 24.3 Å². The van der Waals surface area contributed by atoms with E-state index < -0.39 is 0 Å². The number of amides is 2. The molecule has 2 aliphatic carbocycles. The average molecular weight is 281 g/mol. The van der Waals surface area contributed by atoms with E-state index in [0.29, 0.717) is 11.3 Å². The van der Waals surface area contributed by atoms with Crippen molar-refractivity contribution in [3.05, 3.63) is 42.0 Å². The molecule has 1 heterocycles. The topological polar surface area (TPSA) is 54.5 Å². The molecule has 1 aliphatic heterocycles. The lowest BCUT2D eigenvalue weighted by Crippen LogP contribution is -2.34. The number of rotatable bonds is 2. The predicted octanol–water partition coefficient (Wildman–Crippen LogP) is 2.20. The molecule has 4 rings (SSSR count). The molecule has 1 saturated carbocycles. The van der Waals surface area contributed by atoms with Crippen molar-refractivity contribution in [3.8, 4) is 0 Å². The third-order valence-electron chi connectivity index (χ3n) is 4.99. The van der Waals surface area contributed by atoms with Crippen molar-refractivity contribution in [1.82, 2.24) is 0 Å². The summed E-state index contributed by atoms with van der Waals surface area (Å²) >= 11 is 0. The van der Waals surface area contributed by atoms with Crippen molar-refractivity contribution in [2.45, 2.75) is 13.3 Å². The molecule has 4 nitrogen and oxygen atoms in total. The molecule has 106 valence electrons. The van der Waals surface area contributed by atoms with Crippen LogP contribution < -0.4 is 4.90 Å². The number of benzene rings is 1. The first-order chi connectivity index (χ1) is 10.1. The smallest absolute Gasteiger partial charge is 0.238 e. The van der Waals surface area contributed by atoms with Gasteiger partial charge in [0.1, 0.15) is 0 Å². The largest absolute Gasteiger partial charge is 0.294 e. The van der Waals surface area contributed by atoms with Gasteiger partial charge in [-0.25, -0.2) is 4.90 Å². The summed E-state index contributed by atoms with van der Waals surface area (Å²) in [6.45, 7) is 1.45. The van der Waals surface area contributed by atoms with Crippen LogP contribution in [0.2, 0.25) is 0 Å². The number of hydrogen-bond acceptors (Lipinski definition) is 3. The highest BCUT2D eigenvalue weighted by atomic mass is 16.2. The first-order valence-corrected chi connectivity index (χ1v) is 7.25. The number of para-hydroxylation sites is 1. The Morgan fingerprint density at radius 3 is 2.19 bits per heavy atom. The van der Waals surface area contributed by atoms with Gasteiger partial charge < -0.3 is 0 Å². The van der Waals surface area contributed by atoms with Crippen LogP contribution in [0.5, 0.6) is 0 Å². The molecule has 0 unspecified atom stereocenters. The van der Waals surface area contributed by atoms with Crippen molar-refractivity contribution < 1.29 is 14.4 Å². The zero-order chi connectivity index (χ0) is 14.7. The van der Waals surface area contributed by atoms with Crippen LogP contribution in [0.1, 0.15) is 23.7 Å². The van der Waals surface area contributed by atoms with Crippen LogP contribution in [0.4, 0.5) is 5.69 Å². The second-order valence-corrected chi connectivity index (χ2v) is 6.09. The fraction of sp³-hybridized carbons (Fsp3) is 0.353. The highest BCUT2D eigenvalue weighted by molar-refractivity contribution is 6.24. The average Bonchev–Trinajstić information content (AvgIpc) is 3.13. The summed E-state index contributed by atoms with van der Waals surface area (Å²) in [6, 6.07) is 6.85. The van der Waals surface area contributed by atoms with Gasteiger partial charge in [0.2, 0.25) is 11.8 Å². The quantitative estimate of drug-likeness (QED) is 0.474. The maximum Gasteiger partial charge on any atom is 0.238 e. The van der Waals surface area contributed by atoms with Crippen molar-refractivity contribution in [1.29, 1.82) is 0 Å². The molecule has 1 aromatic carbocycles. The number of nitrogens with zero attached hydrogens (tertiary/aromatic N) is 1. The summed E-state index contributed by atoms with van der Waals surface area (Å²) in [4.78, 5) is 38.5. The molecule has 2 amide bonds. The van der Waals surface area contributed by atoms with Gasteiger partial charge >= 0.3 is 0 Å². The van der Waals surface area contributed by atoms with E-state index in [1.165, 1.54) is 11.8 Å². The maximum absolute atomic E-state index is 12.7. The fourth-order valence-electron chi connectivity index (χ4n) is 4.11. The first kappa shape index (κ1) is 12.5. The highest BCUT2D eigenvalue weighted by Gasteiger charge is 2.59. The summed E-state index contributed by atoms with van der Waals surface area (Å²) in [6.07, 6.45) is 5.05. The van der Waals surface area contributed by atoms with E-state index in [1.54, 1.807) is 24.3 Å². The molecule has 4 heteroatoms. The van der Waals surface area contributed by atoms with E-state index in [4.69, 9.17) is 0 Å². The zero-order valence-corrected chi connectivity index (χ0v) is 11.7. The minimum Gasteiger partial charge on any atom is -0.294 e. The minimum absolute atomic E-state index is 0.135. The van der Waals surface area contributed by atoms with E-state index in [-0.39, 0.29) is 41.3 Å². The molecule has 2 fully saturated rings. The molecule has 4 atom stereocenters. The van der Waals surface area contributed by atoms with Gasteiger partial charge in [0.15, 0.2) is 5.78 Å². The maximum atomic E-state index is 12.7. The molecule has 2 bridgehead atoms. The number of allylic oxidation sites excluding steroid dienone is 2. The molecular weight excluding hydrogens is 266 g/mol. The van der Waals surface area contributed by atoms with E-state index in [1.807, 2.05) is 0 Å². The van der Waals surface area contributed by atoms with Gasteiger partial charge in [-0.15, -0.1) is 0 Å². The van der Waals surface area contributed by atoms with Crippen molar-refractivity contribution >= 4 is 23.3 Å². The van der Waals surface area contributed by atoms with Crippen LogP contribution in [-0.4, -0.2) is 17.6 Å². The fourth-order valence-corrected chi connectivity index (χ4v) is 4.11. The Bertz CT molecular complexity index is 676. The summed E-state index contributed by atoms with van der Waals surface area (Å²) in [5.74, 6) is -0.507. The second kappa shape index (κ2) is 4.13. The molecule has 3 aliphatic rings. The predicted molar refractivity (Wildman–Crippen MR) is 76.7 cm³/mol. The number of hydrogen-bond donors (Lipinski definition) is 0. The Morgan fingerprint density at radius 2 is 1.62 bits per heavy atom. The number of ketones is 1. The van der Waals surface area contributed by atoms with Gasteiger partial charge in [-0.2, -0.15) is 0 Å². The summed E-state index contributed by atoms with van der Waals surface area (Å²) < 4.78 is 0. The van der Waals surface area contributed by atoms with Gasteiger partial charge in [0, 0.05) is 5.56 Å². The van der Waals surface area contributed by atoms with Crippen molar-refractivity contribution in [2.75, 3.05) is 4.90 Å². The van der Waals surface area contributed by atoms with E-state index in [2.05, 4.69) is 12.2 Å². The third-order valence-corrected chi connectivity index (χ3v) is 4.99. The lowest BCUT2D eigenvalue weighted by Gasteiger charge is -2.19. The van der Waals surface area contributed by atoms with Gasteiger partial charge in [-0.3, -0.25) is 14.4 Å². The molecule has 1 saturated heterocycles. The van der Waals surface area contributed by atoms with E-state index in [0.717, 1.165) is 6.42 Å². The van der Waals surface area contributed by atoms with Crippen LogP contribution in [0, 0.1) is 23.7 Å². The number of carbonyl (C=O) groups is 3. The molecule has 1 aromatic rings. The Hall–Kier alpha value is -2.23. The number of Topliss-reactive ketones (excluding diaryl/α,β-unsaturated/α-hetero) is 1. The van der Waals surface area contributed by atoms with E-state index in [9.17, 15) is 14.4 Å². The van der Waals surface area contributed by atoms with Crippen LogP contribution in [0.3, 0.4) is 0 Å². The third kappa shape index (κ3) is 1.53. The summed E-state index contributed by atoms with van der Waals surface area (Å²) in [7, 11) is 0. The van der Waals surface area contributed by atoms with Crippen LogP contribution >= 0.6 is 0 Å². The van der Waals surface area contributed by atoms with Crippen LogP contribution in [-0.2, 0) is 9.59 Å². The number of fused-ring (bicyclic) bond motifs is 5. The van der Waals surface area contributed by atoms with Gasteiger partial charge in [0.05, 0.1) is 17.5 Å². The molecule has 21 heavy (non-hydrogen) atoms. The monoisotopic (exact) mass is 281 g/mol. The number of carbonyl (C=O) groups excluding carboxylic acids is 3. The highest BCUT2D eigenvalue weighted by Crippen LogP contribution is 2.53. The van der Waals surface area contributed by atoms with E-state index >= 15 is 0 Å². The molecular formula is C17H15NO3. The number of imide groups is 1. The normalized spacial score (nSPS) is 32.9. The molecule has 0 spiro atoms. The molecule has 0 aromatic heterocycles. The van der Waals surface area contributed by atoms with Crippen LogP contribution in [0.25, 0.3) is 0 Å². The second-order valence-electron chi connectivity index (χ2n) is 6.09. The standard InChI is InChI=1S/C17H15NO3/c1-9(19)12-4-2-3-5-13(12)18-16(20)14-10-6-7-11(8-10)15(14)17(18)21/h2-7,10-11,14-15H,8H2,1H3/t10-,11-,14-,15-/m0/s1. The Morgan fingerprint density at radius 1 is 1.05 bits per heavy atom. The lowest BCUT2D eigenvalue weighted by molar-refractivity contribution is -0.123. The molecule has 0 radical (unpaired) electrons. The Labute approximate surface area is 122 Å². The molecule has 0 N–H and O–H groups in total. The van der Waals surface area contributed by atoms with Crippen molar-refractivity contribution in [2.24, 2.45) is 23.7 Å². The SMILES string of the molecule is CC(=O)c1ccccc1N1C(=O)[C@@H]2[C@@H](C1=O)[C@H]1C=C[C@H]2C1.